The van der Waals surface area contributed by atoms with E-state index in [1.54, 1.807) is 0 Å². The van der Waals surface area contributed by atoms with Crippen LogP contribution in [0.4, 0.5) is 0 Å². The van der Waals surface area contributed by atoms with E-state index >= 15 is 0 Å². The summed E-state index contributed by atoms with van der Waals surface area (Å²) in [5.74, 6) is 0. The van der Waals surface area contributed by atoms with Crippen molar-refractivity contribution >= 4 is 0 Å². The van der Waals surface area contributed by atoms with Gasteiger partial charge in [-0.3, -0.25) is 9.80 Å². The van der Waals surface area contributed by atoms with E-state index in [1.165, 1.54) is 25.9 Å². The summed E-state index contributed by atoms with van der Waals surface area (Å²) in [4.78, 5) is 5.11. The Morgan fingerprint density at radius 1 is 0.929 bits per heavy atom. The summed E-state index contributed by atoms with van der Waals surface area (Å²) in [5, 5.41) is 0. The van der Waals surface area contributed by atoms with E-state index in [1.807, 2.05) is 0 Å². The van der Waals surface area contributed by atoms with E-state index in [-0.39, 0.29) is 0 Å². The zero-order valence-electron chi connectivity index (χ0n) is 8.86. The van der Waals surface area contributed by atoms with E-state index < -0.39 is 0 Å². The van der Waals surface area contributed by atoms with Crippen molar-refractivity contribution in [3.8, 4) is 0 Å². The maximum absolute atomic E-state index is 5.63. The third-order valence-electron chi connectivity index (χ3n) is 3.54. The molecule has 0 aliphatic carbocycles. The third kappa shape index (κ3) is 1.93. The van der Waals surface area contributed by atoms with Crippen LogP contribution in [0, 0.1) is 0 Å². The van der Waals surface area contributed by atoms with Crippen LogP contribution >= 0.6 is 0 Å². The molecule has 14 heavy (non-hydrogen) atoms. The highest BCUT2D eigenvalue weighted by Gasteiger charge is 2.38. The van der Waals surface area contributed by atoms with E-state index in [0.29, 0.717) is 0 Å². The van der Waals surface area contributed by atoms with Gasteiger partial charge in [-0.25, -0.2) is 0 Å². The van der Waals surface area contributed by atoms with E-state index in [4.69, 9.17) is 11.5 Å². The number of hydrogen-bond donors (Lipinski definition) is 2. The van der Waals surface area contributed by atoms with E-state index in [9.17, 15) is 0 Å². The van der Waals surface area contributed by atoms with Crippen LogP contribution in [-0.2, 0) is 0 Å². The minimum absolute atomic E-state index is 0.754. The first-order valence-corrected chi connectivity index (χ1v) is 5.73. The highest BCUT2D eigenvalue weighted by Crippen LogP contribution is 2.29. The SMILES string of the molecule is NCCN1CC2CCC(C1)N2CCN. The molecule has 2 bridgehead atoms. The molecule has 2 unspecified atom stereocenters. The molecule has 2 atom stereocenters. The minimum Gasteiger partial charge on any atom is -0.329 e. The molecular weight excluding hydrogens is 176 g/mol. The Morgan fingerprint density at radius 3 is 2.00 bits per heavy atom. The standard InChI is InChI=1S/C10H22N4/c11-3-5-13-7-9-1-2-10(8-13)14(9)6-4-12/h9-10H,1-8,11-12H2. The first kappa shape index (κ1) is 10.4. The summed E-state index contributed by atoms with van der Waals surface area (Å²) in [6.45, 7) is 6.12. The Kier molecular flexibility index (Phi) is 3.38. The molecule has 2 saturated heterocycles. The summed E-state index contributed by atoms with van der Waals surface area (Å²) >= 11 is 0. The predicted octanol–water partition coefficient (Wildman–Crippen LogP) is -0.948. The van der Waals surface area contributed by atoms with Gasteiger partial charge in [-0.05, 0) is 12.8 Å². The van der Waals surface area contributed by atoms with Crippen LogP contribution in [0.1, 0.15) is 12.8 Å². The lowest BCUT2D eigenvalue weighted by Gasteiger charge is -2.40. The Labute approximate surface area is 86.2 Å². The van der Waals surface area contributed by atoms with E-state index in [0.717, 1.165) is 38.3 Å². The molecule has 0 radical (unpaired) electrons. The normalized spacial score (nSPS) is 33.9. The Hall–Kier alpha value is -0.160. The summed E-state index contributed by atoms with van der Waals surface area (Å²) in [5.41, 5.74) is 11.2. The molecule has 2 aliphatic rings. The summed E-state index contributed by atoms with van der Waals surface area (Å²) in [6, 6.07) is 1.51. The summed E-state index contributed by atoms with van der Waals surface area (Å²) in [6.07, 6.45) is 2.71. The van der Waals surface area contributed by atoms with Crippen molar-refractivity contribution in [3.05, 3.63) is 0 Å². The zero-order valence-corrected chi connectivity index (χ0v) is 8.86. The van der Waals surface area contributed by atoms with Gasteiger partial charge in [-0.15, -0.1) is 0 Å². The van der Waals surface area contributed by atoms with Crippen LogP contribution in [0.25, 0.3) is 0 Å². The minimum atomic E-state index is 0.754. The van der Waals surface area contributed by atoms with Crippen molar-refractivity contribution in [2.24, 2.45) is 11.5 Å². The number of nitrogens with zero attached hydrogens (tertiary/aromatic N) is 2. The van der Waals surface area contributed by atoms with Gasteiger partial charge >= 0.3 is 0 Å². The van der Waals surface area contributed by atoms with Crippen LogP contribution in [0.2, 0.25) is 0 Å². The number of piperazine rings is 1. The van der Waals surface area contributed by atoms with Gasteiger partial charge in [0.05, 0.1) is 0 Å². The maximum atomic E-state index is 5.63. The van der Waals surface area contributed by atoms with Crippen LogP contribution in [-0.4, -0.2) is 61.2 Å². The van der Waals surface area contributed by atoms with Crippen molar-refractivity contribution in [2.45, 2.75) is 24.9 Å². The lowest BCUT2D eigenvalue weighted by atomic mass is 10.2. The Morgan fingerprint density at radius 2 is 1.50 bits per heavy atom. The lowest BCUT2D eigenvalue weighted by molar-refractivity contribution is 0.0715. The fourth-order valence-corrected chi connectivity index (χ4v) is 2.96. The molecule has 82 valence electrons. The molecule has 0 aromatic rings. The molecule has 4 nitrogen and oxygen atoms in total. The number of likely N-dealkylation sites (tertiary alicyclic amines) is 1. The molecule has 2 heterocycles. The zero-order chi connectivity index (χ0) is 9.97. The smallest absolute Gasteiger partial charge is 0.0227 e. The lowest BCUT2D eigenvalue weighted by Crippen LogP contribution is -2.55. The van der Waals surface area contributed by atoms with Crippen LogP contribution < -0.4 is 11.5 Å². The van der Waals surface area contributed by atoms with Crippen molar-refractivity contribution < 1.29 is 0 Å². The monoisotopic (exact) mass is 198 g/mol. The Balaban J connectivity index is 1.91. The number of fused-ring (bicyclic) bond motifs is 2. The molecule has 0 amide bonds. The fourth-order valence-electron chi connectivity index (χ4n) is 2.96. The largest absolute Gasteiger partial charge is 0.329 e. The van der Waals surface area contributed by atoms with Gasteiger partial charge in [0.1, 0.15) is 0 Å². The highest BCUT2D eigenvalue weighted by molar-refractivity contribution is 4.95. The second kappa shape index (κ2) is 4.57. The van der Waals surface area contributed by atoms with Gasteiger partial charge in [-0.2, -0.15) is 0 Å². The molecule has 2 aliphatic heterocycles. The van der Waals surface area contributed by atoms with Gasteiger partial charge in [0.15, 0.2) is 0 Å². The first-order chi connectivity index (χ1) is 6.85. The van der Waals surface area contributed by atoms with Crippen LogP contribution in [0.5, 0.6) is 0 Å². The van der Waals surface area contributed by atoms with Crippen molar-refractivity contribution in [3.63, 3.8) is 0 Å². The predicted molar refractivity (Wildman–Crippen MR) is 58.1 cm³/mol. The van der Waals surface area contributed by atoms with Gasteiger partial charge < -0.3 is 11.5 Å². The molecule has 0 aromatic heterocycles. The molecular formula is C10H22N4. The second-order valence-corrected chi connectivity index (χ2v) is 4.46. The average molecular weight is 198 g/mol. The van der Waals surface area contributed by atoms with Gasteiger partial charge in [0.2, 0.25) is 0 Å². The van der Waals surface area contributed by atoms with Crippen LogP contribution in [0.15, 0.2) is 0 Å². The molecule has 2 fully saturated rings. The molecule has 4 N–H and O–H groups in total. The van der Waals surface area contributed by atoms with Gasteiger partial charge in [-0.1, -0.05) is 0 Å². The Bertz CT molecular complexity index is 171. The molecule has 0 spiro atoms. The van der Waals surface area contributed by atoms with Gasteiger partial charge in [0, 0.05) is 51.4 Å². The van der Waals surface area contributed by atoms with Gasteiger partial charge in [0.25, 0.3) is 0 Å². The summed E-state index contributed by atoms with van der Waals surface area (Å²) in [7, 11) is 0. The highest BCUT2D eigenvalue weighted by atomic mass is 15.3. The van der Waals surface area contributed by atoms with Crippen molar-refractivity contribution in [1.82, 2.24) is 9.80 Å². The second-order valence-electron chi connectivity index (χ2n) is 4.46. The maximum Gasteiger partial charge on any atom is 0.0227 e. The van der Waals surface area contributed by atoms with Crippen LogP contribution in [0.3, 0.4) is 0 Å². The summed E-state index contributed by atoms with van der Waals surface area (Å²) < 4.78 is 0. The first-order valence-electron chi connectivity index (χ1n) is 5.73. The average Bonchev–Trinajstić information content (AvgIpc) is 2.44. The molecule has 2 rings (SSSR count). The number of rotatable bonds is 4. The van der Waals surface area contributed by atoms with E-state index in [2.05, 4.69) is 9.80 Å². The topological polar surface area (TPSA) is 58.5 Å². The molecule has 0 saturated carbocycles. The van der Waals surface area contributed by atoms with Crippen molar-refractivity contribution in [2.75, 3.05) is 39.3 Å². The number of hydrogen-bond acceptors (Lipinski definition) is 4. The molecule has 4 heteroatoms. The third-order valence-corrected chi connectivity index (χ3v) is 3.54. The number of nitrogens with two attached hydrogens (primary N) is 2. The fraction of sp³-hybridized carbons (Fsp3) is 1.00. The molecule has 0 aromatic carbocycles. The quantitative estimate of drug-likeness (QED) is 0.612. The van der Waals surface area contributed by atoms with Crippen molar-refractivity contribution in [1.29, 1.82) is 0 Å².